The van der Waals surface area contributed by atoms with Crippen molar-refractivity contribution in [2.75, 3.05) is 18.4 Å². The van der Waals surface area contributed by atoms with Crippen molar-refractivity contribution < 1.29 is 18.8 Å². The van der Waals surface area contributed by atoms with Crippen LogP contribution in [0.1, 0.15) is 35.2 Å². The summed E-state index contributed by atoms with van der Waals surface area (Å²) in [7, 11) is 0. The molecule has 0 saturated carbocycles. The first-order chi connectivity index (χ1) is 14.4. The molecule has 2 heterocycles. The summed E-state index contributed by atoms with van der Waals surface area (Å²) < 4.78 is 13.0. The second-order valence-electron chi connectivity index (χ2n) is 7.68. The van der Waals surface area contributed by atoms with Gasteiger partial charge in [0.2, 0.25) is 11.8 Å². The van der Waals surface area contributed by atoms with Crippen LogP contribution < -0.4 is 16.0 Å². The third kappa shape index (κ3) is 4.27. The van der Waals surface area contributed by atoms with Gasteiger partial charge < -0.3 is 20.9 Å². The molecule has 3 N–H and O–H groups in total. The lowest BCUT2D eigenvalue weighted by molar-refractivity contribution is -0.135. The molecule has 156 valence electrons. The van der Waals surface area contributed by atoms with E-state index in [2.05, 4.69) is 16.0 Å². The molecule has 2 aliphatic heterocycles. The van der Waals surface area contributed by atoms with E-state index in [1.807, 2.05) is 12.1 Å². The Morgan fingerprint density at radius 1 is 1.07 bits per heavy atom. The second-order valence-corrected chi connectivity index (χ2v) is 7.68. The first-order valence-electron chi connectivity index (χ1n) is 9.93. The van der Waals surface area contributed by atoms with Gasteiger partial charge in [-0.05, 0) is 36.2 Å². The molecule has 8 heteroatoms. The summed E-state index contributed by atoms with van der Waals surface area (Å²) in [6, 6.07) is 13.1. The standard InChI is InChI=1S/C22H23FN4O3/c23-16-7-5-15(6-8-16)13-24-19(28)14-27-12-11-22(10-9-20(27)29)25-18-4-2-1-3-17(18)21(30)26-22/h1-8,25H,9-14H2,(H,24,28)(H,26,30). The van der Waals surface area contributed by atoms with Crippen molar-refractivity contribution in [3.63, 3.8) is 0 Å². The van der Waals surface area contributed by atoms with Crippen LogP contribution in [0.4, 0.5) is 10.1 Å². The summed E-state index contributed by atoms with van der Waals surface area (Å²) in [5.74, 6) is -0.907. The predicted octanol–water partition coefficient (Wildman–Crippen LogP) is 2.01. The maximum absolute atomic E-state index is 13.0. The lowest BCUT2D eigenvalue weighted by atomic mass is 9.95. The summed E-state index contributed by atoms with van der Waals surface area (Å²) in [6.45, 7) is 0.554. The number of likely N-dealkylation sites (tertiary alicyclic amines) is 1. The number of hydrogen-bond donors (Lipinski definition) is 3. The maximum Gasteiger partial charge on any atom is 0.255 e. The zero-order chi connectivity index (χ0) is 21.1. The highest BCUT2D eigenvalue weighted by atomic mass is 19.1. The van der Waals surface area contributed by atoms with E-state index in [1.165, 1.54) is 17.0 Å². The number of carbonyl (C=O) groups is 3. The largest absolute Gasteiger partial charge is 0.362 e. The number of rotatable bonds is 4. The van der Waals surface area contributed by atoms with Gasteiger partial charge in [0.1, 0.15) is 11.5 Å². The van der Waals surface area contributed by atoms with Gasteiger partial charge in [-0.25, -0.2) is 4.39 Å². The third-order valence-electron chi connectivity index (χ3n) is 5.56. The van der Waals surface area contributed by atoms with Gasteiger partial charge in [-0.3, -0.25) is 14.4 Å². The number of nitrogens with zero attached hydrogens (tertiary/aromatic N) is 1. The molecule has 2 aliphatic rings. The fraction of sp³-hybridized carbons (Fsp3) is 0.318. The van der Waals surface area contributed by atoms with Gasteiger partial charge in [0.25, 0.3) is 5.91 Å². The Kier molecular flexibility index (Phi) is 5.39. The molecular weight excluding hydrogens is 387 g/mol. The summed E-state index contributed by atoms with van der Waals surface area (Å²) >= 11 is 0. The lowest BCUT2D eigenvalue weighted by Crippen LogP contribution is -2.58. The average molecular weight is 410 g/mol. The summed E-state index contributed by atoms with van der Waals surface area (Å²) in [4.78, 5) is 38.9. The van der Waals surface area contributed by atoms with Crippen molar-refractivity contribution in [1.29, 1.82) is 0 Å². The Morgan fingerprint density at radius 3 is 2.63 bits per heavy atom. The van der Waals surface area contributed by atoms with Crippen molar-refractivity contribution in [1.82, 2.24) is 15.5 Å². The number of carbonyl (C=O) groups excluding carboxylic acids is 3. The molecule has 30 heavy (non-hydrogen) atoms. The molecule has 2 aromatic rings. The summed E-state index contributed by atoms with van der Waals surface area (Å²) in [5.41, 5.74) is 1.40. The van der Waals surface area contributed by atoms with Gasteiger partial charge in [0.05, 0.1) is 12.1 Å². The zero-order valence-corrected chi connectivity index (χ0v) is 16.4. The van der Waals surface area contributed by atoms with Gasteiger partial charge in [0.15, 0.2) is 0 Å². The number of benzene rings is 2. The highest BCUT2D eigenvalue weighted by molar-refractivity contribution is 6.02. The minimum absolute atomic E-state index is 0.0549. The molecule has 1 spiro atoms. The summed E-state index contributed by atoms with van der Waals surface area (Å²) in [6.07, 6.45) is 1.16. The number of hydrogen-bond acceptors (Lipinski definition) is 4. The molecule has 0 aromatic heterocycles. The second kappa shape index (κ2) is 8.14. The van der Waals surface area contributed by atoms with E-state index in [1.54, 1.807) is 24.3 Å². The minimum Gasteiger partial charge on any atom is -0.362 e. The normalized spacial score (nSPS) is 20.8. The third-order valence-corrected chi connectivity index (χ3v) is 5.56. The topological polar surface area (TPSA) is 90.5 Å². The van der Waals surface area contributed by atoms with E-state index in [0.717, 1.165) is 11.3 Å². The van der Waals surface area contributed by atoms with Crippen LogP contribution in [0.25, 0.3) is 0 Å². The maximum atomic E-state index is 13.0. The molecule has 3 amide bonds. The summed E-state index contributed by atoms with van der Waals surface area (Å²) in [5, 5.41) is 9.16. The van der Waals surface area contributed by atoms with Crippen LogP contribution in [0.5, 0.6) is 0 Å². The van der Waals surface area contributed by atoms with Crippen LogP contribution in [0, 0.1) is 5.82 Å². The van der Waals surface area contributed by atoms with Crippen LogP contribution in [0.15, 0.2) is 48.5 Å². The number of anilines is 1. The SMILES string of the molecule is O=C(CN1CCC2(CCC1=O)NC(=O)c1ccccc1N2)NCc1ccc(F)cc1. The van der Waals surface area contributed by atoms with E-state index in [9.17, 15) is 18.8 Å². The number of amides is 3. The van der Waals surface area contributed by atoms with Crippen LogP contribution >= 0.6 is 0 Å². The van der Waals surface area contributed by atoms with Crippen LogP contribution in [-0.4, -0.2) is 41.4 Å². The molecule has 0 radical (unpaired) electrons. The molecular formula is C22H23FN4O3. The number of halogens is 1. The Morgan fingerprint density at radius 2 is 1.83 bits per heavy atom. The van der Waals surface area contributed by atoms with Gasteiger partial charge in [-0.15, -0.1) is 0 Å². The van der Waals surface area contributed by atoms with E-state index < -0.39 is 5.66 Å². The Bertz CT molecular complexity index is 979. The van der Waals surface area contributed by atoms with Crippen molar-refractivity contribution in [3.05, 3.63) is 65.5 Å². The Balaban J connectivity index is 1.36. The molecule has 1 atom stereocenters. The van der Waals surface area contributed by atoms with E-state index in [0.29, 0.717) is 24.9 Å². The van der Waals surface area contributed by atoms with Crippen LogP contribution in [0.3, 0.4) is 0 Å². The van der Waals surface area contributed by atoms with Crippen molar-refractivity contribution in [2.45, 2.75) is 31.5 Å². The molecule has 1 saturated heterocycles. The highest BCUT2D eigenvalue weighted by Gasteiger charge is 2.40. The van der Waals surface area contributed by atoms with E-state index in [4.69, 9.17) is 0 Å². The highest BCUT2D eigenvalue weighted by Crippen LogP contribution is 2.31. The fourth-order valence-electron chi connectivity index (χ4n) is 3.87. The Hall–Kier alpha value is -3.42. The monoisotopic (exact) mass is 410 g/mol. The van der Waals surface area contributed by atoms with Crippen molar-refractivity contribution >= 4 is 23.4 Å². The first-order valence-corrected chi connectivity index (χ1v) is 9.93. The smallest absolute Gasteiger partial charge is 0.255 e. The van der Waals surface area contributed by atoms with E-state index >= 15 is 0 Å². The zero-order valence-electron chi connectivity index (χ0n) is 16.4. The van der Waals surface area contributed by atoms with Crippen LogP contribution in [-0.2, 0) is 16.1 Å². The molecule has 4 rings (SSSR count). The molecule has 2 aromatic carbocycles. The molecule has 0 bridgehead atoms. The van der Waals surface area contributed by atoms with Gasteiger partial charge >= 0.3 is 0 Å². The lowest BCUT2D eigenvalue weighted by Gasteiger charge is -2.39. The van der Waals surface area contributed by atoms with Gasteiger partial charge in [-0.2, -0.15) is 0 Å². The van der Waals surface area contributed by atoms with Gasteiger partial charge in [0, 0.05) is 31.6 Å². The molecule has 1 unspecified atom stereocenters. The average Bonchev–Trinajstić information content (AvgIpc) is 2.88. The number of para-hydroxylation sites is 1. The molecule has 1 fully saturated rings. The van der Waals surface area contributed by atoms with Crippen molar-refractivity contribution in [2.24, 2.45) is 0 Å². The fourth-order valence-corrected chi connectivity index (χ4v) is 3.87. The van der Waals surface area contributed by atoms with E-state index in [-0.39, 0.29) is 43.0 Å². The van der Waals surface area contributed by atoms with Crippen LogP contribution in [0.2, 0.25) is 0 Å². The first kappa shape index (κ1) is 19.9. The molecule has 7 nitrogen and oxygen atoms in total. The minimum atomic E-state index is -0.708. The van der Waals surface area contributed by atoms with Crippen molar-refractivity contribution in [3.8, 4) is 0 Å². The number of nitrogens with one attached hydrogen (secondary N) is 3. The molecule has 0 aliphatic carbocycles. The van der Waals surface area contributed by atoms with Gasteiger partial charge in [-0.1, -0.05) is 24.3 Å². The Labute approximate surface area is 173 Å². The number of fused-ring (bicyclic) bond motifs is 1. The quantitative estimate of drug-likeness (QED) is 0.719. The predicted molar refractivity (Wildman–Crippen MR) is 109 cm³/mol.